The Kier molecular flexibility index (Phi) is 7.61. The Morgan fingerprint density at radius 2 is 1.72 bits per heavy atom. The molecule has 3 aromatic carbocycles. The summed E-state index contributed by atoms with van der Waals surface area (Å²) in [7, 11) is -2.55. The maximum absolute atomic E-state index is 13.4. The molecule has 168 valence electrons. The van der Waals surface area contributed by atoms with Crippen molar-refractivity contribution in [1.29, 1.82) is 0 Å². The van der Waals surface area contributed by atoms with Crippen molar-refractivity contribution in [2.75, 3.05) is 29.9 Å². The lowest BCUT2D eigenvalue weighted by Crippen LogP contribution is -2.38. The summed E-state index contributed by atoms with van der Waals surface area (Å²) >= 11 is 6.03. The molecule has 0 atom stereocenters. The molecule has 0 aliphatic rings. The summed E-state index contributed by atoms with van der Waals surface area (Å²) in [6, 6.07) is 19.2. The molecular formula is C23H23ClN2O5S. The van der Waals surface area contributed by atoms with E-state index >= 15 is 0 Å². The molecule has 0 aromatic heterocycles. The van der Waals surface area contributed by atoms with Crippen molar-refractivity contribution in [3.63, 3.8) is 0 Å². The van der Waals surface area contributed by atoms with E-state index in [-0.39, 0.29) is 4.90 Å². The van der Waals surface area contributed by atoms with Gasteiger partial charge in [-0.1, -0.05) is 29.8 Å². The molecule has 0 heterocycles. The molecule has 0 saturated heterocycles. The third kappa shape index (κ3) is 5.52. The van der Waals surface area contributed by atoms with E-state index in [1.807, 2.05) is 6.92 Å². The zero-order chi connectivity index (χ0) is 23.1. The van der Waals surface area contributed by atoms with E-state index < -0.39 is 22.5 Å². The highest BCUT2D eigenvalue weighted by Crippen LogP contribution is 2.29. The number of carbonyl (C=O) groups is 1. The first-order valence-corrected chi connectivity index (χ1v) is 11.6. The van der Waals surface area contributed by atoms with Crippen LogP contribution in [-0.2, 0) is 14.8 Å². The van der Waals surface area contributed by atoms with Crippen molar-refractivity contribution in [1.82, 2.24) is 0 Å². The van der Waals surface area contributed by atoms with E-state index in [9.17, 15) is 13.2 Å². The average Bonchev–Trinajstić information content (AvgIpc) is 2.79. The first kappa shape index (κ1) is 23.4. The second-order valence-electron chi connectivity index (χ2n) is 6.64. The first-order chi connectivity index (χ1) is 15.3. The van der Waals surface area contributed by atoms with Gasteiger partial charge in [-0.25, -0.2) is 8.42 Å². The number of nitrogens with one attached hydrogen (secondary N) is 1. The molecule has 3 aromatic rings. The van der Waals surface area contributed by atoms with Crippen LogP contribution in [0, 0.1) is 0 Å². The summed E-state index contributed by atoms with van der Waals surface area (Å²) in [5.74, 6) is 0.446. The second kappa shape index (κ2) is 10.4. The van der Waals surface area contributed by atoms with Crippen molar-refractivity contribution in [2.24, 2.45) is 0 Å². The normalized spacial score (nSPS) is 11.0. The van der Waals surface area contributed by atoms with Gasteiger partial charge in [0.25, 0.3) is 10.0 Å². The topological polar surface area (TPSA) is 84.9 Å². The van der Waals surface area contributed by atoms with Gasteiger partial charge in [-0.2, -0.15) is 0 Å². The minimum absolute atomic E-state index is 0.0713. The molecule has 0 saturated carbocycles. The van der Waals surface area contributed by atoms with Crippen molar-refractivity contribution >= 4 is 38.9 Å². The van der Waals surface area contributed by atoms with Crippen LogP contribution >= 0.6 is 11.6 Å². The Morgan fingerprint density at radius 1 is 1.03 bits per heavy atom. The molecule has 0 aliphatic carbocycles. The van der Waals surface area contributed by atoms with E-state index in [0.29, 0.717) is 34.5 Å². The van der Waals surface area contributed by atoms with Crippen LogP contribution in [0.2, 0.25) is 5.02 Å². The van der Waals surface area contributed by atoms with Gasteiger partial charge in [0.1, 0.15) is 18.0 Å². The molecule has 0 bridgehead atoms. The van der Waals surface area contributed by atoms with Gasteiger partial charge in [0.05, 0.1) is 30.0 Å². The zero-order valence-corrected chi connectivity index (χ0v) is 19.2. The number of hydrogen-bond donors (Lipinski definition) is 1. The van der Waals surface area contributed by atoms with E-state index in [2.05, 4.69) is 5.32 Å². The van der Waals surface area contributed by atoms with E-state index in [1.165, 1.54) is 25.3 Å². The summed E-state index contributed by atoms with van der Waals surface area (Å²) in [4.78, 5) is 13.0. The van der Waals surface area contributed by atoms with Crippen LogP contribution in [0.25, 0.3) is 0 Å². The van der Waals surface area contributed by atoms with Gasteiger partial charge in [0.2, 0.25) is 5.91 Å². The number of nitrogens with zero attached hydrogens (tertiary/aromatic N) is 1. The zero-order valence-electron chi connectivity index (χ0n) is 17.6. The molecule has 0 spiro atoms. The number of amides is 1. The predicted octanol–water partition coefficient (Wildman–Crippen LogP) is 4.58. The first-order valence-electron chi connectivity index (χ1n) is 9.79. The lowest BCUT2D eigenvalue weighted by Gasteiger charge is -2.24. The molecule has 0 aliphatic heterocycles. The highest BCUT2D eigenvalue weighted by Gasteiger charge is 2.27. The number of sulfonamides is 1. The number of halogens is 1. The van der Waals surface area contributed by atoms with Gasteiger partial charge in [0, 0.05) is 5.02 Å². The molecule has 0 unspecified atom stereocenters. The summed E-state index contributed by atoms with van der Waals surface area (Å²) in [6.45, 7) is 1.88. The van der Waals surface area contributed by atoms with Crippen molar-refractivity contribution in [3.8, 4) is 11.5 Å². The van der Waals surface area contributed by atoms with Crippen LogP contribution in [0.3, 0.4) is 0 Å². The number of hydrogen-bond acceptors (Lipinski definition) is 5. The van der Waals surface area contributed by atoms with E-state index in [1.54, 1.807) is 54.6 Å². The van der Waals surface area contributed by atoms with Crippen LogP contribution in [0.4, 0.5) is 11.4 Å². The Hall–Kier alpha value is -3.23. The standard InChI is InChI=1S/C23H23ClN2O5S/c1-3-31-19-12-10-18(11-13-19)26(32(28,29)20-7-5-4-6-8-20)16-23(27)25-21-15-17(24)9-14-22(21)30-2/h4-15H,3,16H2,1-2H3,(H,25,27). The summed E-state index contributed by atoms with van der Waals surface area (Å²) in [6.07, 6.45) is 0. The van der Waals surface area contributed by atoms with Gasteiger partial charge in [-0.3, -0.25) is 9.10 Å². The van der Waals surface area contributed by atoms with Gasteiger partial charge in [-0.05, 0) is 61.5 Å². The Bertz CT molecular complexity index is 1170. The predicted molar refractivity (Wildman–Crippen MR) is 125 cm³/mol. The number of methoxy groups -OCH3 is 1. The Morgan fingerprint density at radius 3 is 2.34 bits per heavy atom. The molecule has 0 radical (unpaired) electrons. The number of benzene rings is 3. The molecule has 7 nitrogen and oxygen atoms in total. The summed E-state index contributed by atoms with van der Waals surface area (Å²) in [5.41, 5.74) is 0.666. The summed E-state index contributed by atoms with van der Waals surface area (Å²) < 4.78 is 38.5. The van der Waals surface area contributed by atoms with Gasteiger partial charge in [-0.15, -0.1) is 0 Å². The third-order valence-corrected chi connectivity index (χ3v) is 6.51. The monoisotopic (exact) mass is 474 g/mol. The largest absolute Gasteiger partial charge is 0.495 e. The fourth-order valence-electron chi connectivity index (χ4n) is 3.01. The average molecular weight is 475 g/mol. The van der Waals surface area contributed by atoms with Crippen molar-refractivity contribution in [3.05, 3.63) is 77.8 Å². The van der Waals surface area contributed by atoms with Gasteiger partial charge >= 0.3 is 0 Å². The van der Waals surface area contributed by atoms with Crippen LogP contribution < -0.4 is 19.1 Å². The lowest BCUT2D eigenvalue weighted by molar-refractivity contribution is -0.114. The number of anilines is 2. The molecule has 1 amide bonds. The minimum Gasteiger partial charge on any atom is -0.495 e. The van der Waals surface area contributed by atoms with Crippen molar-refractivity contribution < 1.29 is 22.7 Å². The lowest BCUT2D eigenvalue weighted by atomic mass is 10.3. The maximum atomic E-state index is 13.4. The number of rotatable bonds is 9. The highest BCUT2D eigenvalue weighted by molar-refractivity contribution is 7.92. The maximum Gasteiger partial charge on any atom is 0.264 e. The van der Waals surface area contributed by atoms with E-state index in [4.69, 9.17) is 21.1 Å². The second-order valence-corrected chi connectivity index (χ2v) is 8.94. The quantitative estimate of drug-likeness (QED) is 0.490. The number of carbonyl (C=O) groups excluding carboxylic acids is 1. The minimum atomic E-state index is -4.02. The third-order valence-electron chi connectivity index (χ3n) is 4.49. The SMILES string of the molecule is CCOc1ccc(N(CC(=O)Nc2cc(Cl)ccc2OC)S(=O)(=O)c2ccccc2)cc1. The van der Waals surface area contributed by atoms with Crippen molar-refractivity contribution in [2.45, 2.75) is 11.8 Å². The smallest absolute Gasteiger partial charge is 0.264 e. The van der Waals surface area contributed by atoms with Crippen LogP contribution in [0.15, 0.2) is 77.7 Å². The van der Waals surface area contributed by atoms with Gasteiger partial charge in [0.15, 0.2) is 0 Å². The highest BCUT2D eigenvalue weighted by atomic mass is 35.5. The van der Waals surface area contributed by atoms with Gasteiger partial charge < -0.3 is 14.8 Å². The molecule has 32 heavy (non-hydrogen) atoms. The van der Waals surface area contributed by atoms with Crippen LogP contribution in [0.5, 0.6) is 11.5 Å². The number of ether oxygens (including phenoxy) is 2. The molecule has 0 fully saturated rings. The fraction of sp³-hybridized carbons (Fsp3) is 0.174. The van der Waals surface area contributed by atoms with E-state index in [0.717, 1.165) is 4.31 Å². The summed E-state index contributed by atoms with van der Waals surface area (Å²) in [5, 5.41) is 3.08. The molecule has 1 N–H and O–H groups in total. The molecular weight excluding hydrogens is 452 g/mol. The Balaban J connectivity index is 1.94. The van der Waals surface area contributed by atoms with Crippen LogP contribution in [-0.4, -0.2) is 34.6 Å². The molecule has 3 rings (SSSR count). The molecule has 9 heteroatoms. The Labute approximate surface area is 192 Å². The fourth-order valence-corrected chi connectivity index (χ4v) is 4.62. The van der Waals surface area contributed by atoms with Crippen LogP contribution in [0.1, 0.15) is 6.92 Å².